The molecule has 0 aromatic heterocycles. The van der Waals surface area contributed by atoms with Gasteiger partial charge in [0.25, 0.3) is 0 Å². The molecule has 0 radical (unpaired) electrons. The highest BCUT2D eigenvalue weighted by Crippen LogP contribution is 2.29. The molecule has 2 N–H and O–H groups in total. The summed E-state index contributed by atoms with van der Waals surface area (Å²) < 4.78 is 24.9. The second-order valence-corrected chi connectivity index (χ2v) is 6.53. The van der Waals surface area contributed by atoms with E-state index in [9.17, 15) is 13.2 Å². The smallest absolute Gasteiger partial charge is 0.239 e. The number of para-hydroxylation sites is 1. The van der Waals surface area contributed by atoms with Gasteiger partial charge in [0.15, 0.2) is 0 Å². The first kappa shape index (κ1) is 16.2. The Morgan fingerprint density at radius 3 is 2.37 bits per heavy atom. The molecule has 0 fully saturated rings. The SMILES string of the molecule is CCCS(=O)(=O)NCC(=O)Nc1c(Cl)cccc1Cl. The van der Waals surface area contributed by atoms with Gasteiger partial charge in [0.2, 0.25) is 15.9 Å². The summed E-state index contributed by atoms with van der Waals surface area (Å²) in [5.74, 6) is -0.553. The van der Waals surface area contributed by atoms with Crippen molar-refractivity contribution in [3.05, 3.63) is 28.2 Å². The molecule has 0 bridgehead atoms. The molecule has 0 aliphatic rings. The van der Waals surface area contributed by atoms with Crippen molar-refractivity contribution in [3.63, 3.8) is 0 Å². The number of carbonyl (C=O) groups is 1. The summed E-state index contributed by atoms with van der Waals surface area (Å²) in [7, 11) is -3.42. The molecule has 0 atom stereocenters. The molecular weight excluding hydrogens is 311 g/mol. The zero-order chi connectivity index (χ0) is 14.5. The van der Waals surface area contributed by atoms with E-state index in [4.69, 9.17) is 23.2 Å². The largest absolute Gasteiger partial charge is 0.322 e. The average Bonchev–Trinajstić information content (AvgIpc) is 2.32. The number of amides is 1. The van der Waals surface area contributed by atoms with Crippen LogP contribution in [0.3, 0.4) is 0 Å². The molecule has 1 amide bonds. The van der Waals surface area contributed by atoms with E-state index in [1.807, 2.05) is 0 Å². The number of hydrogen-bond donors (Lipinski definition) is 2. The maximum absolute atomic E-state index is 11.6. The fourth-order valence-corrected chi connectivity index (χ4v) is 2.84. The fourth-order valence-electron chi connectivity index (χ4n) is 1.32. The van der Waals surface area contributed by atoms with Crippen molar-refractivity contribution in [2.24, 2.45) is 0 Å². The van der Waals surface area contributed by atoms with E-state index >= 15 is 0 Å². The number of halogens is 2. The van der Waals surface area contributed by atoms with Gasteiger partial charge in [0.1, 0.15) is 0 Å². The van der Waals surface area contributed by atoms with Crippen LogP contribution >= 0.6 is 23.2 Å². The number of hydrogen-bond acceptors (Lipinski definition) is 3. The van der Waals surface area contributed by atoms with E-state index in [1.54, 1.807) is 25.1 Å². The Labute approximate surface area is 122 Å². The van der Waals surface area contributed by atoms with Gasteiger partial charge in [0.05, 0.1) is 28.0 Å². The van der Waals surface area contributed by atoms with Crippen LogP contribution in [0.2, 0.25) is 10.0 Å². The monoisotopic (exact) mass is 324 g/mol. The molecule has 0 heterocycles. The number of rotatable bonds is 6. The van der Waals surface area contributed by atoms with Gasteiger partial charge in [-0.25, -0.2) is 13.1 Å². The summed E-state index contributed by atoms with van der Waals surface area (Å²) in [4.78, 5) is 11.6. The summed E-state index contributed by atoms with van der Waals surface area (Å²) in [5.41, 5.74) is 0.269. The van der Waals surface area contributed by atoms with E-state index in [2.05, 4.69) is 10.0 Å². The zero-order valence-electron chi connectivity index (χ0n) is 10.2. The van der Waals surface area contributed by atoms with Crippen LogP contribution in [-0.2, 0) is 14.8 Å². The number of carbonyl (C=O) groups excluding carboxylic acids is 1. The Hall–Kier alpha value is -0.820. The van der Waals surface area contributed by atoms with Gasteiger partial charge >= 0.3 is 0 Å². The average molecular weight is 325 g/mol. The Morgan fingerprint density at radius 2 is 1.84 bits per heavy atom. The van der Waals surface area contributed by atoms with Crippen LogP contribution in [0, 0.1) is 0 Å². The van der Waals surface area contributed by atoms with Gasteiger partial charge in [-0.1, -0.05) is 36.2 Å². The minimum atomic E-state index is -3.42. The lowest BCUT2D eigenvalue weighted by molar-refractivity contribution is -0.115. The summed E-state index contributed by atoms with van der Waals surface area (Å²) in [5, 5.41) is 3.04. The summed E-state index contributed by atoms with van der Waals surface area (Å²) in [6, 6.07) is 4.79. The summed E-state index contributed by atoms with van der Waals surface area (Å²) >= 11 is 11.8. The highest BCUT2D eigenvalue weighted by molar-refractivity contribution is 7.89. The molecule has 0 aliphatic carbocycles. The number of nitrogens with one attached hydrogen (secondary N) is 2. The zero-order valence-corrected chi connectivity index (χ0v) is 12.6. The van der Waals surface area contributed by atoms with Crippen molar-refractivity contribution in [2.45, 2.75) is 13.3 Å². The van der Waals surface area contributed by atoms with Gasteiger partial charge in [-0.3, -0.25) is 4.79 Å². The van der Waals surface area contributed by atoms with Gasteiger partial charge in [-0.05, 0) is 18.6 Å². The maximum Gasteiger partial charge on any atom is 0.239 e. The van der Waals surface area contributed by atoms with E-state index in [0.29, 0.717) is 6.42 Å². The number of sulfonamides is 1. The van der Waals surface area contributed by atoms with Gasteiger partial charge in [-0.15, -0.1) is 0 Å². The van der Waals surface area contributed by atoms with Crippen molar-refractivity contribution >= 4 is 44.8 Å². The lowest BCUT2D eigenvalue weighted by atomic mass is 10.3. The molecule has 0 saturated carbocycles. The Kier molecular flexibility index (Phi) is 6.06. The quantitative estimate of drug-likeness (QED) is 0.842. The topological polar surface area (TPSA) is 75.3 Å². The normalized spacial score (nSPS) is 11.3. The standard InChI is InChI=1S/C11H14Cl2N2O3S/c1-2-6-19(17,18)14-7-10(16)15-11-8(12)4-3-5-9(11)13/h3-5,14H,2,6-7H2,1H3,(H,15,16). The third-order valence-corrected chi connectivity index (χ3v) is 4.31. The molecule has 0 aliphatic heterocycles. The third-order valence-electron chi connectivity index (χ3n) is 2.15. The second-order valence-electron chi connectivity index (χ2n) is 3.78. The predicted molar refractivity (Wildman–Crippen MR) is 77.2 cm³/mol. The third kappa shape index (κ3) is 5.36. The van der Waals surface area contributed by atoms with E-state index < -0.39 is 15.9 Å². The Bertz CT molecular complexity index is 541. The minimum Gasteiger partial charge on any atom is -0.322 e. The van der Waals surface area contributed by atoms with Crippen LogP contribution in [0.15, 0.2) is 18.2 Å². The Morgan fingerprint density at radius 1 is 1.26 bits per heavy atom. The van der Waals surface area contributed by atoms with Crippen LogP contribution in [0.1, 0.15) is 13.3 Å². The van der Waals surface area contributed by atoms with Gasteiger partial charge in [-0.2, -0.15) is 0 Å². The summed E-state index contributed by atoms with van der Waals surface area (Å²) in [6.45, 7) is 1.38. The molecule has 0 saturated heterocycles. The molecular formula is C11H14Cl2N2O3S. The van der Waals surface area contributed by atoms with Crippen LogP contribution in [0.25, 0.3) is 0 Å². The Balaban J connectivity index is 2.62. The van der Waals surface area contributed by atoms with Gasteiger partial charge < -0.3 is 5.32 Å². The molecule has 19 heavy (non-hydrogen) atoms. The van der Waals surface area contributed by atoms with Crippen molar-refractivity contribution in [1.82, 2.24) is 4.72 Å². The van der Waals surface area contributed by atoms with Gasteiger partial charge in [0, 0.05) is 0 Å². The highest BCUT2D eigenvalue weighted by atomic mass is 35.5. The fraction of sp³-hybridized carbons (Fsp3) is 0.364. The van der Waals surface area contributed by atoms with Crippen LogP contribution in [0.5, 0.6) is 0 Å². The minimum absolute atomic E-state index is 0.0207. The van der Waals surface area contributed by atoms with Crippen molar-refractivity contribution in [1.29, 1.82) is 0 Å². The molecule has 1 aromatic rings. The first-order valence-electron chi connectivity index (χ1n) is 5.57. The van der Waals surface area contributed by atoms with Crippen molar-refractivity contribution in [3.8, 4) is 0 Å². The lowest BCUT2D eigenvalue weighted by Gasteiger charge is -2.09. The van der Waals surface area contributed by atoms with E-state index in [-0.39, 0.29) is 28.0 Å². The molecule has 5 nitrogen and oxygen atoms in total. The van der Waals surface area contributed by atoms with Crippen molar-refractivity contribution < 1.29 is 13.2 Å². The molecule has 1 rings (SSSR count). The lowest BCUT2D eigenvalue weighted by Crippen LogP contribution is -2.34. The first-order chi connectivity index (χ1) is 8.85. The first-order valence-corrected chi connectivity index (χ1v) is 7.97. The van der Waals surface area contributed by atoms with Crippen LogP contribution < -0.4 is 10.0 Å². The highest BCUT2D eigenvalue weighted by Gasteiger charge is 2.13. The number of anilines is 1. The van der Waals surface area contributed by atoms with E-state index in [1.165, 1.54) is 0 Å². The molecule has 8 heteroatoms. The molecule has 1 aromatic carbocycles. The second kappa shape index (κ2) is 7.09. The molecule has 0 spiro atoms. The summed E-state index contributed by atoms with van der Waals surface area (Å²) in [6.07, 6.45) is 0.479. The van der Waals surface area contributed by atoms with Crippen LogP contribution in [-0.4, -0.2) is 26.6 Å². The van der Waals surface area contributed by atoms with Crippen LogP contribution in [0.4, 0.5) is 5.69 Å². The predicted octanol–water partition coefficient (Wildman–Crippen LogP) is 2.26. The number of benzene rings is 1. The van der Waals surface area contributed by atoms with Crippen molar-refractivity contribution in [2.75, 3.05) is 17.6 Å². The van der Waals surface area contributed by atoms with E-state index in [0.717, 1.165) is 0 Å². The molecule has 106 valence electrons. The molecule has 0 unspecified atom stereocenters. The maximum atomic E-state index is 11.6.